The molecule has 0 radical (unpaired) electrons. The number of rotatable bonds is 3. The van der Waals surface area contributed by atoms with Crippen LogP contribution in [0.25, 0.3) is 0 Å². The summed E-state index contributed by atoms with van der Waals surface area (Å²) in [6, 6.07) is 0.162. The van der Waals surface area contributed by atoms with E-state index in [-0.39, 0.29) is 29.4 Å². The topological polar surface area (TPSA) is 71.2 Å². The Hall–Kier alpha value is -1.43. The Labute approximate surface area is 136 Å². The number of fused-ring (bicyclic) bond motifs is 1. The molecule has 1 N–H and O–H groups in total. The molecule has 0 unspecified atom stereocenters. The van der Waals surface area contributed by atoms with Gasteiger partial charge < -0.3 is 10.0 Å². The number of piperidine rings is 1. The number of hydrogen-bond acceptors (Lipinski definition) is 4. The number of aromatic nitrogens is 3. The molecule has 0 bridgehead atoms. The van der Waals surface area contributed by atoms with Gasteiger partial charge in [-0.3, -0.25) is 9.48 Å². The zero-order chi connectivity index (χ0) is 16.4. The van der Waals surface area contributed by atoms with E-state index in [1.807, 2.05) is 11.9 Å². The summed E-state index contributed by atoms with van der Waals surface area (Å²) in [5, 5.41) is 14.8. The van der Waals surface area contributed by atoms with E-state index < -0.39 is 0 Å². The van der Waals surface area contributed by atoms with Crippen LogP contribution in [0.1, 0.15) is 57.1 Å². The van der Waals surface area contributed by atoms with Gasteiger partial charge in [0.05, 0.1) is 12.5 Å². The molecule has 1 saturated heterocycles. The lowest BCUT2D eigenvalue weighted by Crippen LogP contribution is -2.71. The fourth-order valence-corrected chi connectivity index (χ4v) is 4.54. The Bertz CT molecular complexity index is 635. The number of aliphatic hydroxyl groups is 1. The molecule has 6 heteroatoms. The summed E-state index contributed by atoms with van der Waals surface area (Å²) in [5.74, 6) is 2.52. The van der Waals surface area contributed by atoms with Crippen LogP contribution in [0.4, 0.5) is 0 Å². The summed E-state index contributed by atoms with van der Waals surface area (Å²) in [7, 11) is 1.87. The molecule has 126 valence electrons. The minimum absolute atomic E-state index is 0.123. The first-order valence-electron chi connectivity index (χ1n) is 8.77. The van der Waals surface area contributed by atoms with E-state index in [1.54, 1.807) is 4.68 Å². The van der Waals surface area contributed by atoms with Gasteiger partial charge in [0.1, 0.15) is 5.82 Å². The number of nitrogens with zero attached hydrogens (tertiary/aromatic N) is 4. The van der Waals surface area contributed by atoms with Gasteiger partial charge in [-0.1, -0.05) is 13.8 Å². The van der Waals surface area contributed by atoms with Crippen molar-refractivity contribution in [3.05, 3.63) is 11.6 Å². The van der Waals surface area contributed by atoms with Crippen LogP contribution in [0.2, 0.25) is 0 Å². The van der Waals surface area contributed by atoms with Crippen LogP contribution in [0.15, 0.2) is 0 Å². The van der Waals surface area contributed by atoms with Gasteiger partial charge >= 0.3 is 0 Å². The summed E-state index contributed by atoms with van der Waals surface area (Å²) in [6.45, 7) is 4.93. The van der Waals surface area contributed by atoms with Gasteiger partial charge in [-0.2, -0.15) is 5.10 Å². The van der Waals surface area contributed by atoms with Crippen LogP contribution >= 0.6 is 0 Å². The van der Waals surface area contributed by atoms with E-state index >= 15 is 0 Å². The Morgan fingerprint density at radius 1 is 1.35 bits per heavy atom. The fraction of sp³-hybridized carbons (Fsp3) is 0.824. The first kappa shape index (κ1) is 15.1. The zero-order valence-corrected chi connectivity index (χ0v) is 14.2. The number of likely N-dealkylation sites (tertiary alicyclic amines) is 1. The van der Waals surface area contributed by atoms with Gasteiger partial charge in [-0.15, -0.1) is 0 Å². The zero-order valence-electron chi connectivity index (χ0n) is 14.2. The van der Waals surface area contributed by atoms with Gasteiger partial charge in [-0.25, -0.2) is 4.98 Å². The molecule has 6 nitrogen and oxygen atoms in total. The molecule has 2 saturated carbocycles. The van der Waals surface area contributed by atoms with E-state index in [0.717, 1.165) is 31.0 Å². The maximum Gasteiger partial charge on any atom is 0.230 e. The number of carbonyl (C=O) groups excluding carboxylic acids is 1. The summed E-state index contributed by atoms with van der Waals surface area (Å²) in [5.41, 5.74) is -0.209. The van der Waals surface area contributed by atoms with Crippen LogP contribution in [-0.4, -0.2) is 49.4 Å². The van der Waals surface area contributed by atoms with Crippen molar-refractivity contribution in [2.24, 2.45) is 18.4 Å². The molecule has 0 aromatic carbocycles. The first-order chi connectivity index (χ1) is 10.9. The monoisotopic (exact) mass is 318 g/mol. The lowest BCUT2D eigenvalue weighted by Gasteiger charge is -2.62. The number of aryl methyl sites for hydroxylation is 1. The second-order valence-electron chi connectivity index (χ2n) is 8.07. The minimum Gasteiger partial charge on any atom is -0.392 e. The average Bonchev–Trinajstić information content (AvgIpc) is 3.31. The highest BCUT2D eigenvalue weighted by Crippen LogP contribution is 2.52. The molecule has 1 aromatic heterocycles. The molecule has 2 heterocycles. The largest absolute Gasteiger partial charge is 0.392 e. The standard InChI is InChI=1S/C17H26N4O2/c1-17(2)14-11(15(17)23)5-4-8-21(14)13(22)9-12-18-16(10-6-7-10)19-20(12)3/h10-11,14-15,23H,4-9H2,1-3H3/t11-,14+,15-/m0/s1. The maximum atomic E-state index is 12.9. The quantitative estimate of drug-likeness (QED) is 0.910. The molecule has 3 aliphatic rings. The highest BCUT2D eigenvalue weighted by molar-refractivity contribution is 5.79. The molecule has 1 aromatic rings. The van der Waals surface area contributed by atoms with Crippen molar-refractivity contribution in [2.45, 2.75) is 64.0 Å². The number of aliphatic hydroxyl groups excluding tert-OH is 1. The van der Waals surface area contributed by atoms with Crippen LogP contribution in [-0.2, 0) is 18.3 Å². The van der Waals surface area contributed by atoms with Crippen LogP contribution in [0.5, 0.6) is 0 Å². The van der Waals surface area contributed by atoms with Crippen LogP contribution in [0.3, 0.4) is 0 Å². The molecule has 0 spiro atoms. The van der Waals surface area contributed by atoms with E-state index in [9.17, 15) is 9.90 Å². The van der Waals surface area contributed by atoms with Crippen LogP contribution in [0, 0.1) is 11.3 Å². The van der Waals surface area contributed by atoms with E-state index in [4.69, 9.17) is 0 Å². The Morgan fingerprint density at radius 3 is 2.78 bits per heavy atom. The highest BCUT2D eigenvalue weighted by atomic mass is 16.3. The predicted molar refractivity (Wildman–Crippen MR) is 84.7 cm³/mol. The molecular weight excluding hydrogens is 292 g/mol. The first-order valence-corrected chi connectivity index (χ1v) is 8.77. The normalized spacial score (nSPS) is 32.3. The summed E-state index contributed by atoms with van der Waals surface area (Å²) in [6.07, 6.45) is 4.35. The Kier molecular flexibility index (Phi) is 3.31. The Balaban J connectivity index is 1.50. The summed E-state index contributed by atoms with van der Waals surface area (Å²) >= 11 is 0. The molecular formula is C17H26N4O2. The fourth-order valence-electron chi connectivity index (χ4n) is 4.54. The summed E-state index contributed by atoms with van der Waals surface area (Å²) < 4.78 is 1.76. The van der Waals surface area contributed by atoms with E-state index in [2.05, 4.69) is 23.9 Å². The lowest BCUT2D eigenvalue weighted by atomic mass is 9.54. The number of hydrogen-bond donors (Lipinski definition) is 1. The average molecular weight is 318 g/mol. The third-order valence-electron chi connectivity index (χ3n) is 6.05. The van der Waals surface area contributed by atoms with Crippen molar-refractivity contribution in [1.29, 1.82) is 0 Å². The van der Waals surface area contributed by atoms with Gasteiger partial charge in [0.15, 0.2) is 5.82 Å². The molecule has 4 rings (SSSR count). The number of carbonyl (C=O) groups is 1. The van der Waals surface area contributed by atoms with Gasteiger partial charge in [0, 0.05) is 36.9 Å². The van der Waals surface area contributed by atoms with Crippen molar-refractivity contribution in [1.82, 2.24) is 19.7 Å². The Morgan fingerprint density at radius 2 is 2.09 bits per heavy atom. The lowest BCUT2D eigenvalue weighted by molar-refractivity contribution is -0.197. The molecule has 3 fully saturated rings. The smallest absolute Gasteiger partial charge is 0.230 e. The van der Waals surface area contributed by atoms with Crippen LogP contribution < -0.4 is 0 Å². The van der Waals surface area contributed by atoms with E-state index in [0.29, 0.717) is 12.3 Å². The third-order valence-corrected chi connectivity index (χ3v) is 6.05. The third kappa shape index (κ3) is 2.30. The van der Waals surface area contributed by atoms with Gasteiger partial charge in [0.2, 0.25) is 5.91 Å². The van der Waals surface area contributed by atoms with E-state index in [1.165, 1.54) is 12.8 Å². The van der Waals surface area contributed by atoms with Gasteiger partial charge in [0.25, 0.3) is 0 Å². The molecule has 1 aliphatic heterocycles. The molecule has 1 amide bonds. The summed E-state index contributed by atoms with van der Waals surface area (Å²) in [4.78, 5) is 19.4. The maximum absolute atomic E-state index is 12.9. The second kappa shape index (κ2) is 5.03. The molecule has 23 heavy (non-hydrogen) atoms. The molecule has 3 atom stereocenters. The van der Waals surface area contributed by atoms with Crippen molar-refractivity contribution >= 4 is 5.91 Å². The predicted octanol–water partition coefficient (Wildman–Crippen LogP) is 1.24. The van der Waals surface area contributed by atoms with Crippen molar-refractivity contribution in [2.75, 3.05) is 6.54 Å². The molecule has 2 aliphatic carbocycles. The van der Waals surface area contributed by atoms with Crippen molar-refractivity contribution in [3.63, 3.8) is 0 Å². The number of amides is 1. The highest BCUT2D eigenvalue weighted by Gasteiger charge is 2.59. The second-order valence-corrected chi connectivity index (χ2v) is 8.07. The minimum atomic E-state index is -0.292. The van der Waals surface area contributed by atoms with Crippen molar-refractivity contribution < 1.29 is 9.90 Å². The van der Waals surface area contributed by atoms with Crippen molar-refractivity contribution in [3.8, 4) is 0 Å². The van der Waals surface area contributed by atoms with Gasteiger partial charge in [-0.05, 0) is 25.7 Å². The SMILES string of the molecule is Cn1nc(C2CC2)nc1CC(=O)N1CCC[C@@H]2[C@H](O)C(C)(C)[C@@H]21.